The molecule has 0 unspecified atom stereocenters. The van der Waals surface area contributed by atoms with Gasteiger partial charge in [0.2, 0.25) is 6.79 Å². The molecule has 4 nitrogen and oxygen atoms in total. The fourth-order valence-corrected chi connectivity index (χ4v) is 3.79. The molecule has 0 saturated heterocycles. The summed E-state index contributed by atoms with van der Waals surface area (Å²) in [7, 11) is 0. The normalized spacial score (nSPS) is 12.3. The molecule has 136 valence electrons. The topological polar surface area (TPSA) is 27.8 Å². The Morgan fingerprint density at radius 3 is 2.64 bits per heavy atom. The first-order valence-corrected chi connectivity index (χ1v) is 9.15. The Bertz CT molecular complexity index is 1280. The van der Waals surface area contributed by atoms with Crippen molar-refractivity contribution in [1.29, 1.82) is 0 Å². The largest absolute Gasteiger partial charge is 0.454 e. The number of rotatable bonds is 2. The average molecular weight is 366 g/mol. The van der Waals surface area contributed by atoms with Crippen molar-refractivity contribution in [3.8, 4) is 28.3 Å². The number of benzene rings is 3. The van der Waals surface area contributed by atoms with Crippen LogP contribution >= 0.6 is 0 Å². The molecule has 1 aliphatic rings. The van der Waals surface area contributed by atoms with Crippen LogP contribution < -0.4 is 9.47 Å². The average Bonchev–Trinajstić information content (AvgIpc) is 3.33. The Balaban J connectivity index is 1.80. The molecule has 0 amide bonds. The van der Waals surface area contributed by atoms with E-state index in [0.29, 0.717) is 5.69 Å². The highest BCUT2D eigenvalue weighted by Gasteiger charge is 2.18. The first-order valence-electron chi connectivity index (χ1n) is 9.15. The summed E-state index contributed by atoms with van der Waals surface area (Å²) in [6.45, 7) is 11.9. The number of fused-ring (bicyclic) bond motifs is 2. The fourth-order valence-electron chi connectivity index (χ4n) is 3.79. The second-order valence-corrected chi connectivity index (χ2v) is 7.01. The quantitative estimate of drug-likeness (QED) is 0.395. The highest BCUT2D eigenvalue weighted by Crippen LogP contribution is 2.39. The molecule has 0 bridgehead atoms. The van der Waals surface area contributed by atoms with E-state index in [-0.39, 0.29) is 6.79 Å². The molecule has 4 heteroatoms. The Morgan fingerprint density at radius 1 is 0.929 bits per heavy atom. The van der Waals surface area contributed by atoms with Crippen LogP contribution in [0.5, 0.6) is 11.5 Å². The molecule has 0 fully saturated rings. The zero-order chi connectivity index (χ0) is 19.3. The van der Waals surface area contributed by atoms with Crippen molar-refractivity contribution in [2.24, 2.45) is 0 Å². The summed E-state index contributed by atoms with van der Waals surface area (Å²) in [5.41, 5.74) is 7.51. The second kappa shape index (κ2) is 6.17. The van der Waals surface area contributed by atoms with Gasteiger partial charge in [-0.1, -0.05) is 24.3 Å². The van der Waals surface area contributed by atoms with E-state index in [1.165, 1.54) is 16.7 Å². The molecule has 1 aliphatic heterocycles. The van der Waals surface area contributed by atoms with E-state index in [2.05, 4.69) is 47.7 Å². The maximum Gasteiger partial charge on any atom is 0.231 e. The van der Waals surface area contributed by atoms with Gasteiger partial charge in [0.1, 0.15) is 0 Å². The molecule has 4 aromatic rings. The second-order valence-electron chi connectivity index (χ2n) is 7.01. The minimum Gasteiger partial charge on any atom is -0.454 e. The third-order valence-electron chi connectivity index (χ3n) is 5.45. The van der Waals surface area contributed by atoms with Gasteiger partial charge >= 0.3 is 0 Å². The van der Waals surface area contributed by atoms with E-state index in [1.54, 1.807) is 0 Å². The van der Waals surface area contributed by atoms with Crippen LogP contribution in [-0.2, 0) is 0 Å². The van der Waals surface area contributed by atoms with Crippen molar-refractivity contribution in [1.82, 2.24) is 4.57 Å². The molecule has 1 aromatic heterocycles. The van der Waals surface area contributed by atoms with Gasteiger partial charge in [-0.2, -0.15) is 0 Å². The van der Waals surface area contributed by atoms with Gasteiger partial charge in [-0.15, -0.1) is 0 Å². The van der Waals surface area contributed by atoms with Crippen LogP contribution in [0.3, 0.4) is 0 Å². The van der Waals surface area contributed by atoms with Crippen LogP contribution in [-0.4, -0.2) is 11.4 Å². The molecular weight excluding hydrogens is 348 g/mol. The lowest BCUT2D eigenvalue weighted by Crippen LogP contribution is -1.93. The number of aromatic nitrogens is 1. The molecule has 5 rings (SSSR count). The molecule has 2 heterocycles. The van der Waals surface area contributed by atoms with Gasteiger partial charge < -0.3 is 14.0 Å². The minimum atomic E-state index is 0.257. The predicted molar refractivity (Wildman–Crippen MR) is 111 cm³/mol. The Labute approximate surface area is 163 Å². The maximum absolute atomic E-state index is 7.41. The van der Waals surface area contributed by atoms with Crippen molar-refractivity contribution < 1.29 is 9.47 Å². The SMILES string of the molecule is [C-]#[N+]c1ccc2c(c1)c(-c1cccc(C)c1C)cn2-c1ccc2c(c1)OCO2. The number of aryl methyl sites for hydroxylation is 1. The van der Waals surface area contributed by atoms with Crippen LogP contribution in [0, 0.1) is 20.4 Å². The lowest BCUT2D eigenvalue weighted by molar-refractivity contribution is 0.174. The zero-order valence-corrected chi connectivity index (χ0v) is 15.7. The molecule has 0 saturated carbocycles. The predicted octanol–water partition coefficient (Wildman–Crippen LogP) is 6.19. The van der Waals surface area contributed by atoms with Crippen molar-refractivity contribution in [2.45, 2.75) is 13.8 Å². The van der Waals surface area contributed by atoms with Gasteiger partial charge in [0.05, 0.1) is 12.1 Å². The number of ether oxygens (including phenoxy) is 2. The van der Waals surface area contributed by atoms with Crippen LogP contribution in [0.2, 0.25) is 0 Å². The van der Waals surface area contributed by atoms with Crippen LogP contribution in [0.15, 0.2) is 60.8 Å². The summed E-state index contributed by atoms with van der Waals surface area (Å²) < 4.78 is 13.2. The lowest BCUT2D eigenvalue weighted by Gasteiger charge is -2.08. The van der Waals surface area contributed by atoms with Gasteiger partial charge in [-0.05, 0) is 60.2 Å². The minimum absolute atomic E-state index is 0.257. The van der Waals surface area contributed by atoms with Gasteiger partial charge in [0, 0.05) is 23.5 Å². The zero-order valence-electron chi connectivity index (χ0n) is 15.7. The highest BCUT2D eigenvalue weighted by atomic mass is 16.7. The Morgan fingerprint density at radius 2 is 1.79 bits per heavy atom. The van der Waals surface area contributed by atoms with Gasteiger partial charge in [0.25, 0.3) is 0 Å². The smallest absolute Gasteiger partial charge is 0.231 e. The van der Waals surface area contributed by atoms with Crippen molar-refractivity contribution in [2.75, 3.05) is 6.79 Å². The molecule has 0 aliphatic carbocycles. The van der Waals surface area contributed by atoms with Crippen LogP contribution in [0.25, 0.3) is 32.6 Å². The number of nitrogens with zero attached hydrogens (tertiary/aromatic N) is 2. The summed E-state index contributed by atoms with van der Waals surface area (Å²) in [6, 6.07) is 18.2. The van der Waals surface area contributed by atoms with Crippen molar-refractivity contribution in [3.05, 3.63) is 83.3 Å². The van der Waals surface area contributed by atoms with Crippen LogP contribution in [0.4, 0.5) is 5.69 Å². The van der Waals surface area contributed by atoms with E-state index < -0.39 is 0 Å². The molecule has 0 spiro atoms. The molecule has 3 aromatic carbocycles. The Hall–Kier alpha value is -3.71. The molecular formula is C24H18N2O2. The van der Waals surface area contributed by atoms with Crippen molar-refractivity contribution >= 4 is 16.6 Å². The van der Waals surface area contributed by atoms with Crippen molar-refractivity contribution in [3.63, 3.8) is 0 Å². The molecule has 0 atom stereocenters. The maximum atomic E-state index is 7.41. The van der Waals surface area contributed by atoms with Crippen LogP contribution in [0.1, 0.15) is 11.1 Å². The summed E-state index contributed by atoms with van der Waals surface area (Å²) in [4.78, 5) is 3.63. The van der Waals surface area contributed by atoms with Gasteiger partial charge in [-0.25, -0.2) is 4.85 Å². The monoisotopic (exact) mass is 366 g/mol. The molecule has 0 radical (unpaired) electrons. The Kier molecular flexibility index (Phi) is 3.63. The summed E-state index contributed by atoms with van der Waals surface area (Å²) >= 11 is 0. The standard InChI is InChI=1S/C24H18N2O2/c1-15-5-4-6-19(16(15)2)21-13-26(22-9-7-17(25-3)11-20(21)22)18-8-10-23-24(12-18)28-14-27-23/h4-13H,14H2,1-2H3. The van der Waals surface area contributed by atoms with E-state index >= 15 is 0 Å². The van der Waals surface area contributed by atoms with Gasteiger partial charge in [-0.3, -0.25) is 0 Å². The highest BCUT2D eigenvalue weighted by molar-refractivity contribution is 5.99. The fraction of sp³-hybridized carbons (Fsp3) is 0.125. The van der Waals surface area contributed by atoms with E-state index in [9.17, 15) is 0 Å². The van der Waals surface area contributed by atoms with E-state index in [1.807, 2.05) is 36.4 Å². The summed E-state index contributed by atoms with van der Waals surface area (Å²) in [6.07, 6.45) is 2.15. The number of hydrogen-bond acceptors (Lipinski definition) is 2. The summed E-state index contributed by atoms with van der Waals surface area (Å²) in [5.74, 6) is 1.52. The molecule has 28 heavy (non-hydrogen) atoms. The van der Waals surface area contributed by atoms with Gasteiger partial charge in [0.15, 0.2) is 17.2 Å². The van der Waals surface area contributed by atoms with E-state index in [4.69, 9.17) is 16.0 Å². The lowest BCUT2D eigenvalue weighted by atomic mass is 9.97. The first-order chi connectivity index (χ1) is 13.7. The van der Waals surface area contributed by atoms with E-state index in [0.717, 1.165) is 33.7 Å². The summed E-state index contributed by atoms with van der Waals surface area (Å²) in [5, 5.41) is 1.07. The first kappa shape index (κ1) is 16.5. The number of hydrogen-bond donors (Lipinski definition) is 0. The third-order valence-corrected chi connectivity index (χ3v) is 5.45. The third kappa shape index (κ3) is 2.44. The molecule has 0 N–H and O–H groups in total.